The molecule has 2 rings (SSSR count). The van der Waals surface area contributed by atoms with E-state index in [2.05, 4.69) is 5.10 Å². The predicted molar refractivity (Wildman–Crippen MR) is 75.3 cm³/mol. The molecule has 0 spiro atoms. The molecule has 0 aliphatic heterocycles. The molecule has 0 saturated carbocycles. The van der Waals surface area contributed by atoms with E-state index in [1.165, 1.54) is 33.6 Å². The van der Waals surface area contributed by atoms with Crippen LogP contribution in [0.2, 0.25) is 0 Å². The molecule has 0 aliphatic carbocycles. The number of anilines is 1. The Labute approximate surface area is 116 Å². The van der Waals surface area contributed by atoms with Gasteiger partial charge < -0.3 is 5.73 Å². The van der Waals surface area contributed by atoms with Crippen LogP contribution in [-0.2, 0) is 23.1 Å². The van der Waals surface area contributed by atoms with Crippen molar-refractivity contribution < 1.29 is 8.42 Å². The lowest BCUT2D eigenvalue weighted by molar-refractivity contribution is 0.467. The summed E-state index contributed by atoms with van der Waals surface area (Å²) < 4.78 is 27.6. The molecule has 2 N–H and O–H groups in total. The van der Waals surface area contributed by atoms with E-state index in [9.17, 15) is 8.42 Å². The normalized spacial score (nSPS) is 12.2. The fourth-order valence-electron chi connectivity index (χ4n) is 1.67. The molecule has 0 atom stereocenters. The van der Waals surface area contributed by atoms with E-state index in [0.29, 0.717) is 13.1 Å². The van der Waals surface area contributed by atoms with Gasteiger partial charge in [0.1, 0.15) is 4.90 Å². The van der Waals surface area contributed by atoms with Gasteiger partial charge in [0.05, 0.1) is 0 Å². The lowest BCUT2D eigenvalue weighted by atomic mass is 10.3. The number of nitrogens with two attached hydrogens (primary N) is 1. The Bertz CT molecular complexity index is 646. The zero-order chi connectivity index (χ0) is 14.0. The fourth-order valence-corrected chi connectivity index (χ4v) is 3.55. The number of aromatic nitrogens is 2. The summed E-state index contributed by atoms with van der Waals surface area (Å²) in [5, 5.41) is 7.80. The largest absolute Gasteiger partial charge is 0.381 e. The third-order valence-electron chi connectivity index (χ3n) is 2.75. The van der Waals surface area contributed by atoms with Crippen molar-refractivity contribution >= 4 is 27.2 Å². The predicted octanol–water partition coefficient (Wildman–Crippen LogP) is 1.37. The maximum atomic E-state index is 12.4. The Balaban J connectivity index is 2.28. The number of aryl methyl sites for hydroxylation is 1. The summed E-state index contributed by atoms with van der Waals surface area (Å²) in [4.78, 5) is 0.0621. The summed E-state index contributed by atoms with van der Waals surface area (Å²) in [7, 11) is -2.07. The molecule has 104 valence electrons. The second-order valence-corrected chi connectivity index (χ2v) is 6.92. The molecule has 2 aromatic heterocycles. The number of nitrogen functional groups attached to an aromatic ring is 1. The van der Waals surface area contributed by atoms with Gasteiger partial charge in [0.2, 0.25) is 10.0 Å². The van der Waals surface area contributed by atoms with E-state index >= 15 is 0 Å². The molecule has 0 aliphatic rings. The van der Waals surface area contributed by atoms with Crippen LogP contribution in [0.3, 0.4) is 0 Å². The molecule has 0 unspecified atom stereocenters. The molecule has 2 heterocycles. The van der Waals surface area contributed by atoms with Crippen LogP contribution in [0.25, 0.3) is 0 Å². The highest BCUT2D eigenvalue weighted by Gasteiger charge is 2.26. The number of thiophene rings is 1. The summed E-state index contributed by atoms with van der Waals surface area (Å²) in [6.07, 6.45) is 1.47. The van der Waals surface area contributed by atoms with Crippen molar-refractivity contribution in [3.05, 3.63) is 28.6 Å². The van der Waals surface area contributed by atoms with E-state index in [1.54, 1.807) is 0 Å². The molecule has 0 saturated heterocycles. The van der Waals surface area contributed by atoms with Gasteiger partial charge in [-0.1, -0.05) is 0 Å². The molecule has 6 nitrogen and oxygen atoms in total. The second kappa shape index (κ2) is 5.32. The summed E-state index contributed by atoms with van der Waals surface area (Å²) >= 11 is 1.54. The topological polar surface area (TPSA) is 81.2 Å². The molecular weight excluding hydrogens is 284 g/mol. The van der Waals surface area contributed by atoms with E-state index in [4.69, 9.17) is 5.73 Å². The van der Waals surface area contributed by atoms with Crippen LogP contribution >= 0.6 is 11.3 Å². The molecule has 0 aromatic carbocycles. The van der Waals surface area contributed by atoms with Gasteiger partial charge in [-0.25, -0.2) is 8.42 Å². The molecule has 8 heteroatoms. The average molecular weight is 300 g/mol. The standard InChI is InChI=1S/C11H16N4O2S2/c1-3-15-7-10(11(12)13-15)19(16,17)14(2)6-9-4-5-18-8-9/h4-5,7-8H,3,6H2,1-2H3,(H2,12,13). The molecule has 0 bridgehead atoms. The summed E-state index contributed by atoms with van der Waals surface area (Å²) in [6, 6.07) is 1.90. The molecule has 0 fully saturated rings. The highest BCUT2D eigenvalue weighted by Crippen LogP contribution is 2.22. The first-order valence-electron chi connectivity index (χ1n) is 5.75. The molecule has 0 amide bonds. The van der Waals surface area contributed by atoms with Crippen LogP contribution in [0.4, 0.5) is 5.82 Å². The van der Waals surface area contributed by atoms with Gasteiger partial charge >= 0.3 is 0 Å². The van der Waals surface area contributed by atoms with Crippen LogP contribution in [0.5, 0.6) is 0 Å². The van der Waals surface area contributed by atoms with Crippen molar-refractivity contribution in [1.82, 2.24) is 14.1 Å². The maximum absolute atomic E-state index is 12.4. The van der Waals surface area contributed by atoms with Crippen molar-refractivity contribution in [2.75, 3.05) is 12.8 Å². The Morgan fingerprint density at radius 1 is 1.53 bits per heavy atom. The Hall–Kier alpha value is -1.38. The Morgan fingerprint density at radius 2 is 2.26 bits per heavy atom. The monoisotopic (exact) mass is 300 g/mol. The third kappa shape index (κ3) is 2.80. The number of hydrogen-bond donors (Lipinski definition) is 1. The van der Waals surface area contributed by atoms with Crippen molar-refractivity contribution in [2.24, 2.45) is 0 Å². The Kier molecular flexibility index (Phi) is 3.93. The molecule has 2 aromatic rings. The molecular formula is C11H16N4O2S2. The van der Waals surface area contributed by atoms with Gasteiger partial charge in [-0.2, -0.15) is 20.7 Å². The molecule has 0 radical (unpaired) electrons. The maximum Gasteiger partial charge on any atom is 0.248 e. The van der Waals surface area contributed by atoms with Crippen LogP contribution in [-0.4, -0.2) is 29.6 Å². The average Bonchev–Trinajstić information content (AvgIpc) is 2.98. The van der Waals surface area contributed by atoms with Gasteiger partial charge in [-0.3, -0.25) is 4.68 Å². The Morgan fingerprint density at radius 3 is 2.79 bits per heavy atom. The second-order valence-electron chi connectivity index (χ2n) is 4.13. The fraction of sp³-hybridized carbons (Fsp3) is 0.364. The van der Waals surface area contributed by atoms with Crippen LogP contribution in [0.15, 0.2) is 27.9 Å². The van der Waals surface area contributed by atoms with E-state index in [0.717, 1.165) is 5.56 Å². The van der Waals surface area contributed by atoms with E-state index in [1.807, 2.05) is 23.8 Å². The lowest BCUT2D eigenvalue weighted by Crippen LogP contribution is -2.26. The highest BCUT2D eigenvalue weighted by atomic mass is 32.2. The number of sulfonamides is 1. The van der Waals surface area contributed by atoms with Crippen LogP contribution < -0.4 is 5.73 Å². The minimum atomic E-state index is -3.61. The number of nitrogens with zero attached hydrogens (tertiary/aromatic N) is 3. The summed E-state index contributed by atoms with van der Waals surface area (Å²) in [6.45, 7) is 2.77. The first kappa shape index (κ1) is 14.0. The van der Waals surface area contributed by atoms with Crippen molar-refractivity contribution in [1.29, 1.82) is 0 Å². The number of rotatable bonds is 5. The lowest BCUT2D eigenvalue weighted by Gasteiger charge is -2.15. The highest BCUT2D eigenvalue weighted by molar-refractivity contribution is 7.89. The van der Waals surface area contributed by atoms with Crippen molar-refractivity contribution in [3.8, 4) is 0 Å². The quantitative estimate of drug-likeness (QED) is 0.904. The zero-order valence-corrected chi connectivity index (χ0v) is 12.4. The summed E-state index contributed by atoms with van der Waals surface area (Å²) in [5.41, 5.74) is 6.63. The van der Waals surface area contributed by atoms with Crippen molar-refractivity contribution in [2.45, 2.75) is 24.9 Å². The first-order chi connectivity index (χ1) is 8.95. The third-order valence-corrected chi connectivity index (χ3v) is 5.30. The van der Waals surface area contributed by atoms with Gasteiger partial charge in [-0.05, 0) is 29.3 Å². The van der Waals surface area contributed by atoms with Gasteiger partial charge in [0.15, 0.2) is 5.82 Å². The number of hydrogen-bond acceptors (Lipinski definition) is 5. The first-order valence-corrected chi connectivity index (χ1v) is 8.13. The minimum absolute atomic E-state index is 0.0408. The van der Waals surface area contributed by atoms with E-state index < -0.39 is 10.0 Å². The summed E-state index contributed by atoms with van der Waals surface area (Å²) in [5.74, 6) is 0.0408. The molecule has 19 heavy (non-hydrogen) atoms. The van der Waals surface area contributed by atoms with Crippen LogP contribution in [0.1, 0.15) is 12.5 Å². The zero-order valence-electron chi connectivity index (χ0n) is 10.8. The smallest absolute Gasteiger partial charge is 0.248 e. The minimum Gasteiger partial charge on any atom is -0.381 e. The van der Waals surface area contributed by atoms with Gasteiger partial charge in [0.25, 0.3) is 0 Å². The van der Waals surface area contributed by atoms with Crippen LogP contribution in [0, 0.1) is 0 Å². The van der Waals surface area contributed by atoms with Gasteiger partial charge in [0, 0.05) is 26.3 Å². The van der Waals surface area contributed by atoms with Crippen molar-refractivity contribution in [3.63, 3.8) is 0 Å². The SMILES string of the molecule is CCn1cc(S(=O)(=O)N(C)Cc2ccsc2)c(N)n1. The van der Waals surface area contributed by atoms with Gasteiger partial charge in [-0.15, -0.1) is 0 Å². The van der Waals surface area contributed by atoms with E-state index in [-0.39, 0.29) is 10.7 Å².